The Balaban J connectivity index is -0.000000232. The summed E-state index contributed by atoms with van der Waals surface area (Å²) in [5.41, 5.74) is 0. The van der Waals surface area contributed by atoms with Gasteiger partial charge in [0.05, 0.1) is 31.0 Å². The fourth-order valence-electron chi connectivity index (χ4n) is 0.631. The van der Waals surface area contributed by atoms with Crippen LogP contribution in [0.3, 0.4) is 0 Å². The van der Waals surface area contributed by atoms with Gasteiger partial charge in [-0.25, -0.2) is 0 Å². The number of hydrogen-bond donors (Lipinski definition) is 3. The minimum atomic E-state index is -0.299. The topological polar surface area (TPSA) is 73.2 Å². The molecule has 0 aromatic rings. The van der Waals surface area contributed by atoms with Gasteiger partial charge in [0, 0.05) is 17.6 Å². The maximum Gasteiger partial charge on any atom is 0.0807 e. The van der Waals surface area contributed by atoms with E-state index < -0.39 is 0 Å². The van der Waals surface area contributed by atoms with E-state index in [2.05, 4.69) is 6.92 Å². The highest BCUT2D eigenvalue weighted by Crippen LogP contribution is 2.10. The molecule has 0 aromatic heterocycles. The first-order valence-electron chi connectivity index (χ1n) is 8.20. The molecule has 1 fully saturated rings. The summed E-state index contributed by atoms with van der Waals surface area (Å²) < 4.78 is 4.86. The standard InChI is InChI=1S/3C4H9ClO.C4H8O/c3*1-2-4(6)3-5;1-2-4-3-5-4/h3*4,6H,2-3H2,1H3;4H,2-3H2,1H3. The van der Waals surface area contributed by atoms with Crippen LogP contribution in [0.4, 0.5) is 0 Å². The number of aliphatic hydroxyl groups is 3. The minimum Gasteiger partial charge on any atom is -0.392 e. The third kappa shape index (κ3) is 31.1. The van der Waals surface area contributed by atoms with Gasteiger partial charge in [-0.3, -0.25) is 0 Å². The molecule has 144 valence electrons. The molecular formula is C16H35Cl3O4. The molecule has 0 spiro atoms. The molecule has 0 aliphatic carbocycles. The quantitative estimate of drug-likeness (QED) is 0.451. The Hall–Kier alpha value is 0.710. The van der Waals surface area contributed by atoms with Crippen LogP contribution >= 0.6 is 34.8 Å². The van der Waals surface area contributed by atoms with Crippen LogP contribution in [-0.2, 0) is 4.74 Å². The van der Waals surface area contributed by atoms with Gasteiger partial charge in [-0.2, -0.15) is 0 Å². The minimum absolute atomic E-state index is 0.299. The normalized spacial score (nSPS) is 18.8. The lowest BCUT2D eigenvalue weighted by Crippen LogP contribution is -2.04. The maximum atomic E-state index is 8.53. The van der Waals surface area contributed by atoms with Gasteiger partial charge in [0.15, 0.2) is 0 Å². The van der Waals surface area contributed by atoms with Crippen molar-refractivity contribution in [2.24, 2.45) is 0 Å². The van der Waals surface area contributed by atoms with Crippen LogP contribution in [0.15, 0.2) is 0 Å². The van der Waals surface area contributed by atoms with Crippen molar-refractivity contribution in [3.05, 3.63) is 0 Å². The average molecular weight is 398 g/mol. The molecule has 0 aromatic carbocycles. The third-order valence-electron chi connectivity index (χ3n) is 2.81. The predicted octanol–water partition coefficient (Wildman–Crippen LogP) is 3.78. The highest BCUT2D eigenvalue weighted by atomic mass is 35.5. The second-order valence-electron chi connectivity index (χ2n) is 5.01. The van der Waals surface area contributed by atoms with Crippen molar-refractivity contribution in [1.82, 2.24) is 0 Å². The summed E-state index contributed by atoms with van der Waals surface area (Å²) in [4.78, 5) is 0. The molecule has 4 unspecified atom stereocenters. The second kappa shape index (κ2) is 22.7. The van der Waals surface area contributed by atoms with Crippen LogP contribution < -0.4 is 0 Å². The smallest absolute Gasteiger partial charge is 0.0807 e. The van der Waals surface area contributed by atoms with E-state index in [1.54, 1.807) is 0 Å². The van der Waals surface area contributed by atoms with Crippen molar-refractivity contribution >= 4 is 34.8 Å². The van der Waals surface area contributed by atoms with Gasteiger partial charge in [-0.05, 0) is 25.7 Å². The molecule has 4 nitrogen and oxygen atoms in total. The molecule has 7 heteroatoms. The van der Waals surface area contributed by atoms with Crippen molar-refractivity contribution in [1.29, 1.82) is 0 Å². The van der Waals surface area contributed by atoms with Gasteiger partial charge in [-0.1, -0.05) is 27.7 Å². The fraction of sp³-hybridized carbons (Fsp3) is 1.00. The van der Waals surface area contributed by atoms with E-state index >= 15 is 0 Å². The Morgan fingerprint density at radius 3 is 1.04 bits per heavy atom. The molecule has 23 heavy (non-hydrogen) atoms. The summed E-state index contributed by atoms with van der Waals surface area (Å²) >= 11 is 15.6. The highest BCUT2D eigenvalue weighted by molar-refractivity contribution is 6.18. The number of epoxide rings is 1. The molecular weight excluding hydrogens is 363 g/mol. The van der Waals surface area contributed by atoms with Crippen molar-refractivity contribution in [3.8, 4) is 0 Å². The molecule has 0 amide bonds. The van der Waals surface area contributed by atoms with Gasteiger partial charge in [0.25, 0.3) is 0 Å². The summed E-state index contributed by atoms with van der Waals surface area (Å²) in [5, 5.41) is 25.6. The number of hydrogen-bond acceptors (Lipinski definition) is 4. The summed E-state index contributed by atoms with van der Waals surface area (Å²) in [6, 6.07) is 0. The van der Waals surface area contributed by atoms with Gasteiger partial charge in [0.1, 0.15) is 0 Å². The van der Waals surface area contributed by atoms with Crippen molar-refractivity contribution in [2.75, 3.05) is 24.2 Å². The third-order valence-corrected chi connectivity index (χ3v) is 3.87. The summed E-state index contributed by atoms with van der Waals surface area (Å²) in [6.07, 6.45) is 3.19. The molecule has 0 bridgehead atoms. The van der Waals surface area contributed by atoms with Crippen LogP contribution in [0.2, 0.25) is 0 Å². The van der Waals surface area contributed by atoms with Crippen LogP contribution in [0.1, 0.15) is 53.4 Å². The lowest BCUT2D eigenvalue weighted by Gasteiger charge is -1.96. The number of halogens is 3. The number of alkyl halides is 3. The van der Waals surface area contributed by atoms with E-state index in [1.807, 2.05) is 20.8 Å². The highest BCUT2D eigenvalue weighted by Gasteiger charge is 2.18. The lowest BCUT2D eigenvalue weighted by molar-refractivity contribution is 0.193. The van der Waals surface area contributed by atoms with Gasteiger partial charge >= 0.3 is 0 Å². The molecule has 1 aliphatic rings. The molecule has 0 radical (unpaired) electrons. The Labute approximate surface area is 157 Å². The summed E-state index contributed by atoms with van der Waals surface area (Å²) in [5.74, 6) is 1.07. The second-order valence-corrected chi connectivity index (χ2v) is 5.94. The van der Waals surface area contributed by atoms with Crippen LogP contribution in [0.5, 0.6) is 0 Å². The van der Waals surface area contributed by atoms with Crippen LogP contribution in [-0.4, -0.2) is 64.0 Å². The first-order valence-corrected chi connectivity index (χ1v) is 9.80. The average Bonchev–Trinajstić information content (AvgIpc) is 3.45. The molecule has 1 rings (SSSR count). The molecule has 1 aliphatic heterocycles. The molecule has 0 saturated carbocycles. The number of ether oxygens (including phenoxy) is 1. The Bertz CT molecular complexity index is 172. The van der Waals surface area contributed by atoms with E-state index in [4.69, 9.17) is 54.9 Å². The van der Waals surface area contributed by atoms with E-state index in [1.165, 1.54) is 6.42 Å². The monoisotopic (exact) mass is 396 g/mol. The van der Waals surface area contributed by atoms with Crippen LogP contribution in [0.25, 0.3) is 0 Å². The van der Waals surface area contributed by atoms with E-state index in [9.17, 15) is 0 Å². The van der Waals surface area contributed by atoms with E-state index in [-0.39, 0.29) is 18.3 Å². The van der Waals surface area contributed by atoms with Gasteiger partial charge in [-0.15, -0.1) is 34.8 Å². The lowest BCUT2D eigenvalue weighted by atomic mass is 10.3. The molecule has 3 N–H and O–H groups in total. The van der Waals surface area contributed by atoms with E-state index in [0.29, 0.717) is 23.7 Å². The summed E-state index contributed by atoms with van der Waals surface area (Å²) in [6.45, 7) is 8.83. The Morgan fingerprint density at radius 2 is 1.04 bits per heavy atom. The zero-order chi connectivity index (χ0) is 18.7. The number of rotatable bonds is 7. The predicted molar refractivity (Wildman–Crippen MR) is 101 cm³/mol. The summed E-state index contributed by atoms with van der Waals surface area (Å²) in [7, 11) is 0. The molecule has 1 saturated heterocycles. The Kier molecular flexibility index (Phi) is 28.2. The zero-order valence-electron chi connectivity index (χ0n) is 14.9. The van der Waals surface area contributed by atoms with E-state index in [0.717, 1.165) is 25.9 Å². The van der Waals surface area contributed by atoms with Crippen molar-refractivity contribution in [3.63, 3.8) is 0 Å². The van der Waals surface area contributed by atoms with Crippen LogP contribution in [0, 0.1) is 0 Å². The zero-order valence-corrected chi connectivity index (χ0v) is 17.1. The first kappa shape index (κ1) is 28.5. The Morgan fingerprint density at radius 1 is 0.783 bits per heavy atom. The van der Waals surface area contributed by atoms with Crippen molar-refractivity contribution < 1.29 is 20.1 Å². The molecule has 1 heterocycles. The van der Waals surface area contributed by atoms with Crippen molar-refractivity contribution in [2.45, 2.75) is 77.8 Å². The van der Waals surface area contributed by atoms with Gasteiger partial charge < -0.3 is 20.1 Å². The van der Waals surface area contributed by atoms with Gasteiger partial charge in [0.2, 0.25) is 0 Å². The SMILES string of the molecule is CCC(O)CCl.CCC(O)CCl.CCC(O)CCl.CCC1CO1. The maximum absolute atomic E-state index is 8.53. The number of aliphatic hydroxyl groups excluding tert-OH is 3. The largest absolute Gasteiger partial charge is 0.392 e. The molecule has 4 atom stereocenters. The first-order chi connectivity index (χ1) is 10.9. The fourth-order valence-corrected chi connectivity index (χ4v) is 1.29.